The number of benzene rings is 1. The van der Waals surface area contributed by atoms with Gasteiger partial charge in [-0.15, -0.1) is 0 Å². The van der Waals surface area contributed by atoms with Crippen molar-refractivity contribution < 1.29 is 14.6 Å². The number of hydrogen-bond donors (Lipinski definition) is 2. The molecular weight excluding hydrogens is 324 g/mol. The van der Waals surface area contributed by atoms with Crippen LogP contribution >= 0.6 is 15.9 Å². The van der Waals surface area contributed by atoms with Crippen LogP contribution in [-0.2, 0) is 11.3 Å². The van der Waals surface area contributed by atoms with E-state index < -0.39 is 5.41 Å². The molecule has 1 atom stereocenters. The zero-order valence-corrected chi connectivity index (χ0v) is 13.2. The summed E-state index contributed by atoms with van der Waals surface area (Å²) in [6, 6.07) is 3.66. The summed E-state index contributed by atoms with van der Waals surface area (Å²) in [7, 11) is 1.52. The molecule has 0 aromatic heterocycles. The Kier molecular flexibility index (Phi) is 4.25. The van der Waals surface area contributed by atoms with Crippen LogP contribution in [0.5, 0.6) is 11.5 Å². The van der Waals surface area contributed by atoms with Gasteiger partial charge in [0, 0.05) is 13.1 Å². The van der Waals surface area contributed by atoms with Crippen molar-refractivity contribution in [3.05, 3.63) is 22.2 Å². The lowest BCUT2D eigenvalue weighted by atomic mass is 9.89. The molecule has 2 rings (SSSR count). The fourth-order valence-electron chi connectivity index (χ4n) is 2.52. The van der Waals surface area contributed by atoms with Gasteiger partial charge in [0.1, 0.15) is 0 Å². The lowest BCUT2D eigenvalue weighted by molar-refractivity contribution is -0.126. The van der Waals surface area contributed by atoms with Crippen molar-refractivity contribution in [1.29, 1.82) is 0 Å². The third-order valence-corrected chi connectivity index (χ3v) is 4.47. The Hall–Kier alpha value is -1.27. The first-order valence-corrected chi connectivity index (χ1v) is 7.22. The Morgan fingerprint density at radius 2 is 2.30 bits per heavy atom. The fraction of sp³-hybridized carbons (Fsp3) is 0.500. The van der Waals surface area contributed by atoms with E-state index in [4.69, 9.17) is 10.5 Å². The second-order valence-corrected chi connectivity index (χ2v) is 6.37. The van der Waals surface area contributed by atoms with Crippen LogP contribution in [0.1, 0.15) is 18.9 Å². The number of carbonyl (C=O) groups excluding carboxylic acids is 1. The smallest absolute Gasteiger partial charge is 0.224 e. The van der Waals surface area contributed by atoms with Crippen molar-refractivity contribution in [1.82, 2.24) is 4.90 Å². The summed E-state index contributed by atoms with van der Waals surface area (Å²) < 4.78 is 5.74. The van der Waals surface area contributed by atoms with Gasteiger partial charge in [0.05, 0.1) is 17.0 Å². The van der Waals surface area contributed by atoms with Crippen LogP contribution in [-0.4, -0.2) is 36.1 Å². The molecule has 0 bridgehead atoms. The molecule has 1 aromatic rings. The molecule has 1 unspecified atom stereocenters. The van der Waals surface area contributed by atoms with Gasteiger partial charge >= 0.3 is 0 Å². The number of aromatic hydroxyl groups is 1. The van der Waals surface area contributed by atoms with E-state index in [0.717, 1.165) is 18.5 Å². The van der Waals surface area contributed by atoms with Crippen LogP contribution in [0, 0.1) is 5.41 Å². The van der Waals surface area contributed by atoms with Crippen molar-refractivity contribution in [3.63, 3.8) is 0 Å². The van der Waals surface area contributed by atoms with Crippen LogP contribution in [0.2, 0.25) is 0 Å². The van der Waals surface area contributed by atoms with Crippen LogP contribution in [0.3, 0.4) is 0 Å². The van der Waals surface area contributed by atoms with E-state index in [1.807, 2.05) is 13.0 Å². The minimum Gasteiger partial charge on any atom is -0.503 e. The molecule has 1 aliphatic rings. The summed E-state index contributed by atoms with van der Waals surface area (Å²) in [5, 5.41) is 9.79. The number of amides is 1. The zero-order valence-electron chi connectivity index (χ0n) is 11.6. The van der Waals surface area contributed by atoms with E-state index in [-0.39, 0.29) is 11.7 Å². The highest BCUT2D eigenvalue weighted by Gasteiger charge is 2.38. The maximum atomic E-state index is 11.5. The molecule has 1 aliphatic heterocycles. The van der Waals surface area contributed by atoms with E-state index in [2.05, 4.69) is 20.8 Å². The Morgan fingerprint density at radius 3 is 2.85 bits per heavy atom. The molecular formula is C14H19BrN2O3. The largest absolute Gasteiger partial charge is 0.503 e. The van der Waals surface area contributed by atoms with Gasteiger partial charge in [-0.3, -0.25) is 9.69 Å². The van der Waals surface area contributed by atoms with E-state index >= 15 is 0 Å². The maximum Gasteiger partial charge on any atom is 0.224 e. The number of phenols is 1. The summed E-state index contributed by atoms with van der Waals surface area (Å²) in [4.78, 5) is 13.6. The molecule has 3 N–H and O–H groups in total. The van der Waals surface area contributed by atoms with Crippen LogP contribution in [0.25, 0.3) is 0 Å². The molecule has 0 aliphatic carbocycles. The molecule has 0 radical (unpaired) electrons. The minimum atomic E-state index is -0.446. The number of nitrogens with zero attached hydrogens (tertiary/aromatic N) is 1. The minimum absolute atomic E-state index is 0.0969. The van der Waals surface area contributed by atoms with Crippen molar-refractivity contribution in [2.75, 3.05) is 20.2 Å². The van der Waals surface area contributed by atoms with Gasteiger partial charge in [-0.05, 0) is 53.5 Å². The van der Waals surface area contributed by atoms with Gasteiger partial charge in [0.15, 0.2) is 11.5 Å². The molecule has 1 fully saturated rings. The van der Waals surface area contributed by atoms with Gasteiger partial charge in [0.2, 0.25) is 5.91 Å². The number of nitrogens with two attached hydrogens (primary N) is 1. The summed E-state index contributed by atoms with van der Waals surface area (Å²) >= 11 is 3.31. The Balaban J connectivity index is 2.12. The number of ether oxygens (including phenoxy) is 1. The second-order valence-electron chi connectivity index (χ2n) is 5.51. The predicted molar refractivity (Wildman–Crippen MR) is 79.6 cm³/mol. The van der Waals surface area contributed by atoms with Crippen LogP contribution in [0.15, 0.2) is 16.6 Å². The molecule has 1 amide bonds. The molecule has 5 nitrogen and oxygen atoms in total. The highest BCUT2D eigenvalue weighted by molar-refractivity contribution is 9.10. The molecule has 0 saturated carbocycles. The van der Waals surface area contributed by atoms with Gasteiger partial charge in [0.25, 0.3) is 0 Å². The maximum absolute atomic E-state index is 11.5. The first-order chi connectivity index (χ1) is 9.35. The average molecular weight is 343 g/mol. The first-order valence-electron chi connectivity index (χ1n) is 6.43. The number of carbonyl (C=O) groups is 1. The van der Waals surface area contributed by atoms with Crippen molar-refractivity contribution in [3.8, 4) is 11.5 Å². The molecule has 110 valence electrons. The number of hydrogen-bond acceptors (Lipinski definition) is 4. The second kappa shape index (κ2) is 5.61. The normalized spacial score (nSPS) is 22.9. The third-order valence-electron chi connectivity index (χ3n) is 3.86. The lowest BCUT2D eigenvalue weighted by Crippen LogP contribution is -2.36. The van der Waals surface area contributed by atoms with E-state index in [9.17, 15) is 9.90 Å². The highest BCUT2D eigenvalue weighted by Crippen LogP contribution is 2.36. The number of likely N-dealkylation sites (tertiary alicyclic amines) is 1. The fourth-order valence-corrected chi connectivity index (χ4v) is 3.01. The van der Waals surface area contributed by atoms with Gasteiger partial charge in [-0.25, -0.2) is 0 Å². The predicted octanol–water partition coefficient (Wildman–Crippen LogP) is 1.86. The van der Waals surface area contributed by atoms with Crippen LogP contribution in [0.4, 0.5) is 0 Å². The number of phenolic OH excluding ortho intramolecular Hbond substituents is 1. The summed E-state index contributed by atoms with van der Waals surface area (Å²) in [5.41, 5.74) is 6.02. The summed E-state index contributed by atoms with van der Waals surface area (Å²) in [5.74, 6) is 0.287. The molecule has 20 heavy (non-hydrogen) atoms. The molecule has 6 heteroatoms. The molecule has 1 heterocycles. The SMILES string of the molecule is COc1cc(CN2CCC(C)(C(N)=O)C2)cc(Br)c1O. The summed E-state index contributed by atoms with van der Waals surface area (Å²) in [6.07, 6.45) is 0.777. The van der Waals surface area contributed by atoms with Crippen LogP contribution < -0.4 is 10.5 Å². The van der Waals surface area contributed by atoms with Crippen molar-refractivity contribution >= 4 is 21.8 Å². The highest BCUT2D eigenvalue weighted by atomic mass is 79.9. The third kappa shape index (κ3) is 2.91. The van der Waals surface area contributed by atoms with E-state index in [1.54, 1.807) is 6.07 Å². The lowest BCUT2D eigenvalue weighted by Gasteiger charge is -2.21. The van der Waals surface area contributed by atoms with E-state index in [0.29, 0.717) is 23.3 Å². The first kappa shape index (κ1) is 15.1. The van der Waals surface area contributed by atoms with Gasteiger partial charge < -0.3 is 15.6 Å². The van der Waals surface area contributed by atoms with Crippen molar-refractivity contribution in [2.24, 2.45) is 11.1 Å². The number of methoxy groups -OCH3 is 1. The average Bonchev–Trinajstić information content (AvgIpc) is 2.76. The number of rotatable bonds is 4. The monoisotopic (exact) mass is 342 g/mol. The standard InChI is InChI=1S/C14H19BrN2O3/c1-14(13(16)19)3-4-17(8-14)7-9-5-10(15)12(18)11(6-9)20-2/h5-6,18H,3-4,7-8H2,1-2H3,(H2,16,19). The Bertz CT molecular complexity index is 535. The number of primary amides is 1. The van der Waals surface area contributed by atoms with E-state index in [1.165, 1.54) is 7.11 Å². The molecule has 0 spiro atoms. The zero-order chi connectivity index (χ0) is 14.9. The van der Waals surface area contributed by atoms with Gasteiger partial charge in [-0.2, -0.15) is 0 Å². The number of halogens is 1. The molecule has 1 aromatic carbocycles. The molecule has 1 saturated heterocycles. The quantitative estimate of drug-likeness (QED) is 0.875. The topological polar surface area (TPSA) is 75.8 Å². The Morgan fingerprint density at radius 1 is 1.60 bits per heavy atom. The Labute approximate surface area is 126 Å². The van der Waals surface area contributed by atoms with Gasteiger partial charge in [-0.1, -0.05) is 0 Å². The van der Waals surface area contributed by atoms with Crippen molar-refractivity contribution in [2.45, 2.75) is 19.9 Å². The summed E-state index contributed by atoms with van der Waals surface area (Å²) in [6.45, 7) is 4.09.